The van der Waals surface area contributed by atoms with Crippen molar-refractivity contribution in [1.29, 1.82) is 0 Å². The van der Waals surface area contributed by atoms with Gasteiger partial charge in [0.05, 0.1) is 10.3 Å². The molecule has 0 atom stereocenters. The minimum atomic E-state index is -4.07. The molecular formula is C18H20FN5O5S. The molecule has 30 heavy (non-hydrogen) atoms. The van der Waals surface area contributed by atoms with Crippen LogP contribution in [-0.2, 0) is 27.9 Å². The molecule has 0 unspecified atom stereocenters. The lowest BCUT2D eigenvalue weighted by molar-refractivity contribution is -0.497. The van der Waals surface area contributed by atoms with Crippen molar-refractivity contribution in [1.82, 2.24) is 20.2 Å². The molecule has 4 N–H and O–H groups in total. The molecule has 0 aliphatic heterocycles. The maximum Gasteiger partial charge on any atom is 0.238 e. The summed E-state index contributed by atoms with van der Waals surface area (Å²) in [5.74, 6) is -0.475. The molecule has 12 heteroatoms. The maximum absolute atomic E-state index is 14.7. The lowest BCUT2D eigenvalue weighted by atomic mass is 10.0. The van der Waals surface area contributed by atoms with E-state index in [1.807, 2.05) is 32.0 Å². The number of hydrogen-bond acceptors (Lipinski definition) is 8. The number of nitrogens with zero attached hydrogens (tertiary/aromatic N) is 4. The first-order chi connectivity index (χ1) is 14.0. The second kappa shape index (κ2) is 8.55. The monoisotopic (exact) mass is 437 g/mol. The van der Waals surface area contributed by atoms with Gasteiger partial charge in [-0.25, -0.2) is 32.5 Å². The number of aromatic nitrogens is 3. The lowest BCUT2D eigenvalue weighted by Crippen LogP contribution is -2.14. The van der Waals surface area contributed by atoms with E-state index in [9.17, 15) is 12.8 Å². The fourth-order valence-corrected chi connectivity index (χ4v) is 3.40. The normalized spacial score (nSPS) is 12.0. The maximum atomic E-state index is 14.7. The zero-order chi connectivity index (χ0) is 22.1. The predicted octanol–water partition coefficient (Wildman–Crippen LogP) is 1.77. The standard InChI is InChI=1S/C18H20FN5O5S/c1-11-3-4-12(2)13(7-11)8-18-21-17(10-29-24(25)26)22-23(18)16-6-5-14(9-15(16)19)30(20,27)28/h3-7,9,25-26H,8,10H2,1-2H3,(H2,20,27,28). The highest BCUT2D eigenvalue weighted by Crippen LogP contribution is 2.21. The molecule has 3 rings (SSSR count). The van der Waals surface area contributed by atoms with Crippen LogP contribution in [-0.4, -0.2) is 39.0 Å². The van der Waals surface area contributed by atoms with Crippen LogP contribution in [0, 0.1) is 19.7 Å². The Kier molecular flexibility index (Phi) is 6.26. The molecule has 0 spiro atoms. The van der Waals surface area contributed by atoms with E-state index in [0.717, 1.165) is 28.8 Å². The van der Waals surface area contributed by atoms with E-state index >= 15 is 0 Å². The van der Waals surface area contributed by atoms with Crippen LogP contribution < -0.4 is 5.14 Å². The summed E-state index contributed by atoms with van der Waals surface area (Å²) in [4.78, 5) is 8.47. The highest BCUT2D eigenvalue weighted by molar-refractivity contribution is 7.89. The van der Waals surface area contributed by atoms with E-state index < -0.39 is 27.8 Å². The molecule has 3 aromatic rings. The topological polar surface area (TPSA) is 144 Å². The predicted molar refractivity (Wildman–Crippen MR) is 102 cm³/mol. The van der Waals surface area contributed by atoms with Crippen molar-refractivity contribution < 1.29 is 28.1 Å². The van der Waals surface area contributed by atoms with Gasteiger partial charge in [0, 0.05) is 6.42 Å². The molecule has 0 saturated heterocycles. The summed E-state index contributed by atoms with van der Waals surface area (Å²) in [5.41, 5.74) is 2.91. The quantitative estimate of drug-likeness (QED) is 0.475. The summed E-state index contributed by atoms with van der Waals surface area (Å²) in [6.07, 6.45) is 0.291. The van der Waals surface area contributed by atoms with E-state index in [2.05, 4.69) is 14.9 Å². The summed E-state index contributed by atoms with van der Waals surface area (Å²) in [6, 6.07) is 9.07. The first kappa shape index (κ1) is 22.0. The smallest absolute Gasteiger partial charge is 0.238 e. The number of benzene rings is 2. The average molecular weight is 437 g/mol. The first-order valence-electron chi connectivity index (χ1n) is 8.69. The molecule has 0 aliphatic carbocycles. The Morgan fingerprint density at radius 3 is 2.57 bits per heavy atom. The molecule has 0 radical (unpaired) electrons. The molecule has 10 nitrogen and oxygen atoms in total. The number of aryl methyl sites for hydroxylation is 2. The third kappa shape index (κ3) is 5.05. The van der Waals surface area contributed by atoms with E-state index in [4.69, 9.17) is 15.6 Å². The lowest BCUT2D eigenvalue weighted by Gasteiger charge is -2.10. The Balaban J connectivity index is 2.07. The van der Waals surface area contributed by atoms with Gasteiger partial charge in [-0.15, -0.1) is 5.10 Å². The number of sulfonamides is 1. The summed E-state index contributed by atoms with van der Waals surface area (Å²) >= 11 is 0. The largest absolute Gasteiger partial charge is 0.266 e. The van der Waals surface area contributed by atoms with Crippen LogP contribution in [0.4, 0.5) is 4.39 Å². The highest BCUT2D eigenvalue weighted by Gasteiger charge is 2.19. The summed E-state index contributed by atoms with van der Waals surface area (Å²) in [6.45, 7) is 3.47. The zero-order valence-corrected chi connectivity index (χ0v) is 17.0. The molecule has 0 bridgehead atoms. The Labute approximate surface area is 171 Å². The molecule has 1 aromatic heterocycles. The number of nitrogens with two attached hydrogens (primary N) is 1. The molecule has 0 amide bonds. The van der Waals surface area contributed by atoms with Crippen molar-refractivity contribution >= 4 is 10.0 Å². The van der Waals surface area contributed by atoms with E-state index in [1.165, 1.54) is 10.7 Å². The fraction of sp³-hybridized carbons (Fsp3) is 0.222. The fourth-order valence-electron chi connectivity index (χ4n) is 2.87. The minimum Gasteiger partial charge on any atom is -0.266 e. The Hall–Kier alpha value is -2.74. The van der Waals surface area contributed by atoms with Crippen LogP contribution >= 0.6 is 0 Å². The van der Waals surface area contributed by atoms with Gasteiger partial charge < -0.3 is 0 Å². The molecule has 0 aliphatic rings. The van der Waals surface area contributed by atoms with Gasteiger partial charge in [0.1, 0.15) is 23.9 Å². The Bertz CT molecular complexity index is 1180. The molecule has 2 aromatic carbocycles. The van der Waals surface area contributed by atoms with E-state index in [1.54, 1.807) is 0 Å². The van der Waals surface area contributed by atoms with Crippen LogP contribution in [0.2, 0.25) is 0 Å². The van der Waals surface area contributed by atoms with Gasteiger partial charge >= 0.3 is 0 Å². The summed E-state index contributed by atoms with van der Waals surface area (Å²) < 4.78 is 38.9. The first-order valence-corrected chi connectivity index (χ1v) is 10.2. The Morgan fingerprint density at radius 2 is 1.93 bits per heavy atom. The van der Waals surface area contributed by atoms with Gasteiger partial charge in [-0.05, 0) is 43.2 Å². The number of hydrogen-bond donors (Lipinski definition) is 3. The van der Waals surface area contributed by atoms with Crippen molar-refractivity contribution in [3.8, 4) is 5.69 Å². The minimum absolute atomic E-state index is 0.0497. The van der Waals surface area contributed by atoms with Gasteiger partial charge in [0.25, 0.3) is 0 Å². The molecular weight excluding hydrogens is 417 g/mol. The Morgan fingerprint density at radius 1 is 1.20 bits per heavy atom. The second-order valence-electron chi connectivity index (χ2n) is 6.65. The average Bonchev–Trinajstić information content (AvgIpc) is 3.04. The third-order valence-corrected chi connectivity index (χ3v) is 5.27. The third-order valence-electron chi connectivity index (χ3n) is 4.36. The van der Waals surface area contributed by atoms with E-state index in [0.29, 0.717) is 12.2 Å². The van der Waals surface area contributed by atoms with Gasteiger partial charge in [0.15, 0.2) is 5.82 Å². The van der Waals surface area contributed by atoms with Crippen LogP contribution in [0.15, 0.2) is 41.3 Å². The summed E-state index contributed by atoms with van der Waals surface area (Å²) in [7, 11) is -4.07. The zero-order valence-electron chi connectivity index (χ0n) is 16.1. The van der Waals surface area contributed by atoms with Crippen molar-refractivity contribution in [2.75, 3.05) is 0 Å². The van der Waals surface area contributed by atoms with Crippen molar-refractivity contribution in [2.45, 2.75) is 31.8 Å². The molecule has 0 fully saturated rings. The van der Waals surface area contributed by atoms with Crippen molar-refractivity contribution in [2.24, 2.45) is 5.14 Å². The van der Waals surface area contributed by atoms with Gasteiger partial charge in [-0.3, -0.25) is 10.4 Å². The number of primary sulfonamides is 1. The molecule has 160 valence electrons. The van der Waals surface area contributed by atoms with Crippen LogP contribution in [0.5, 0.6) is 0 Å². The number of rotatable bonds is 7. The highest BCUT2D eigenvalue weighted by atomic mass is 32.2. The van der Waals surface area contributed by atoms with Crippen molar-refractivity contribution in [3.05, 3.63) is 70.6 Å². The summed E-state index contributed by atoms with van der Waals surface area (Å²) in [5, 5.41) is 26.2. The van der Waals surface area contributed by atoms with Crippen LogP contribution in [0.3, 0.4) is 0 Å². The van der Waals surface area contributed by atoms with Gasteiger partial charge in [0.2, 0.25) is 10.0 Å². The van der Waals surface area contributed by atoms with Crippen LogP contribution in [0.25, 0.3) is 5.69 Å². The SMILES string of the molecule is Cc1ccc(C)c(Cc2nc(CON(O)O)nn2-c2ccc(S(N)(=O)=O)cc2F)c1. The molecule has 1 heterocycles. The van der Waals surface area contributed by atoms with Gasteiger partial charge in [-0.2, -0.15) is 0 Å². The number of halogens is 1. The second-order valence-corrected chi connectivity index (χ2v) is 8.21. The van der Waals surface area contributed by atoms with E-state index in [-0.39, 0.29) is 16.4 Å². The van der Waals surface area contributed by atoms with Crippen molar-refractivity contribution in [3.63, 3.8) is 0 Å². The van der Waals surface area contributed by atoms with Gasteiger partial charge in [-0.1, -0.05) is 23.8 Å². The molecule has 0 saturated carbocycles. The van der Waals surface area contributed by atoms with Crippen LogP contribution in [0.1, 0.15) is 28.3 Å².